The maximum Gasteiger partial charge on any atom is 0.253 e. The molecule has 1 aromatic carbocycles. The summed E-state index contributed by atoms with van der Waals surface area (Å²) in [6.45, 7) is 9.14. The van der Waals surface area contributed by atoms with Crippen LogP contribution in [0.3, 0.4) is 0 Å². The van der Waals surface area contributed by atoms with E-state index in [2.05, 4.69) is 33.0 Å². The van der Waals surface area contributed by atoms with Gasteiger partial charge in [0.2, 0.25) is 0 Å². The topological polar surface area (TPSA) is 73.6 Å². The van der Waals surface area contributed by atoms with Crippen LogP contribution in [0.2, 0.25) is 0 Å². The fourth-order valence-corrected chi connectivity index (χ4v) is 1.74. The Morgan fingerprint density at radius 2 is 1.76 bits per heavy atom. The maximum atomic E-state index is 12.3. The van der Waals surface area contributed by atoms with E-state index in [0.29, 0.717) is 35.2 Å². The molecule has 0 aromatic heterocycles. The first-order valence-electron chi connectivity index (χ1n) is 7.00. The van der Waals surface area contributed by atoms with Gasteiger partial charge in [-0.15, -0.1) is 0 Å². The summed E-state index contributed by atoms with van der Waals surface area (Å²) in [6.07, 6.45) is 0. The van der Waals surface area contributed by atoms with Crippen LogP contribution < -0.4 is 20.5 Å². The lowest BCUT2D eigenvalue weighted by atomic mass is 9.82. The highest BCUT2D eigenvalue weighted by molar-refractivity contribution is 6.00. The third-order valence-electron chi connectivity index (χ3n) is 3.85. The van der Waals surface area contributed by atoms with E-state index in [0.717, 1.165) is 0 Å². The number of hydrogen-bond donors (Lipinski definition) is 2. The van der Waals surface area contributed by atoms with Crippen LogP contribution in [0.15, 0.2) is 12.1 Å². The number of rotatable bonds is 5. The molecule has 3 N–H and O–H groups in total. The van der Waals surface area contributed by atoms with Gasteiger partial charge in [-0.2, -0.15) is 0 Å². The first-order chi connectivity index (χ1) is 9.70. The molecule has 118 valence electrons. The number of nitrogens with one attached hydrogen (secondary N) is 1. The smallest absolute Gasteiger partial charge is 0.253 e. The van der Waals surface area contributed by atoms with Crippen LogP contribution >= 0.6 is 0 Å². The van der Waals surface area contributed by atoms with E-state index in [1.807, 2.05) is 0 Å². The van der Waals surface area contributed by atoms with E-state index in [9.17, 15) is 4.79 Å². The second-order valence-electron chi connectivity index (χ2n) is 6.27. The summed E-state index contributed by atoms with van der Waals surface area (Å²) in [5, 5.41) is 2.92. The second kappa shape index (κ2) is 6.70. The summed E-state index contributed by atoms with van der Waals surface area (Å²) in [4.78, 5) is 12.3. The molecule has 0 saturated heterocycles. The number of carbonyl (C=O) groups is 1. The molecule has 0 bridgehead atoms. The second-order valence-corrected chi connectivity index (χ2v) is 6.27. The van der Waals surface area contributed by atoms with E-state index < -0.39 is 0 Å². The Kier molecular flexibility index (Phi) is 5.47. The van der Waals surface area contributed by atoms with Crippen LogP contribution in [0, 0.1) is 11.3 Å². The predicted molar refractivity (Wildman–Crippen MR) is 84.9 cm³/mol. The van der Waals surface area contributed by atoms with Gasteiger partial charge in [0.05, 0.1) is 19.8 Å². The van der Waals surface area contributed by atoms with Crippen molar-refractivity contribution in [1.29, 1.82) is 0 Å². The first-order valence-corrected chi connectivity index (χ1v) is 7.00. The fourth-order valence-electron chi connectivity index (χ4n) is 1.74. The Morgan fingerprint density at radius 1 is 1.24 bits per heavy atom. The third kappa shape index (κ3) is 4.28. The van der Waals surface area contributed by atoms with E-state index in [1.165, 1.54) is 14.2 Å². The molecule has 1 rings (SSSR count). The van der Waals surface area contributed by atoms with Crippen LogP contribution in [-0.4, -0.2) is 26.7 Å². The van der Waals surface area contributed by atoms with Gasteiger partial charge in [-0.1, -0.05) is 27.7 Å². The Labute approximate surface area is 126 Å². The van der Waals surface area contributed by atoms with Crippen molar-refractivity contribution in [3.05, 3.63) is 17.7 Å². The zero-order valence-electron chi connectivity index (χ0n) is 13.7. The summed E-state index contributed by atoms with van der Waals surface area (Å²) < 4.78 is 10.4. The molecule has 0 aliphatic heterocycles. The standard InChI is InChI=1S/C16H26N2O3/c1-10(16(2,3)4)9-18-15(19)11-7-13(20-5)14(21-6)8-12(11)17/h7-8,10H,9,17H2,1-6H3,(H,18,19). The monoisotopic (exact) mass is 294 g/mol. The van der Waals surface area contributed by atoms with Gasteiger partial charge in [-0.25, -0.2) is 0 Å². The highest BCUT2D eigenvalue weighted by atomic mass is 16.5. The van der Waals surface area contributed by atoms with Crippen molar-refractivity contribution in [2.24, 2.45) is 11.3 Å². The normalized spacial score (nSPS) is 12.7. The molecule has 1 amide bonds. The average molecular weight is 294 g/mol. The average Bonchev–Trinajstić information content (AvgIpc) is 2.42. The predicted octanol–water partition coefficient (Wildman–Crippen LogP) is 2.70. The van der Waals surface area contributed by atoms with E-state index in [4.69, 9.17) is 15.2 Å². The van der Waals surface area contributed by atoms with Crippen LogP contribution in [0.1, 0.15) is 38.1 Å². The Morgan fingerprint density at radius 3 is 2.24 bits per heavy atom. The molecule has 5 heteroatoms. The highest BCUT2D eigenvalue weighted by Gasteiger charge is 2.21. The third-order valence-corrected chi connectivity index (χ3v) is 3.85. The van der Waals surface area contributed by atoms with Gasteiger partial charge in [-0.05, 0) is 17.4 Å². The van der Waals surface area contributed by atoms with Gasteiger partial charge < -0.3 is 20.5 Å². The van der Waals surface area contributed by atoms with Crippen molar-refractivity contribution in [3.8, 4) is 11.5 Å². The largest absolute Gasteiger partial charge is 0.493 e. The molecule has 0 aliphatic rings. The summed E-state index contributed by atoms with van der Waals surface area (Å²) in [5.74, 6) is 1.14. The molecule has 0 heterocycles. The minimum Gasteiger partial charge on any atom is -0.493 e. The van der Waals surface area contributed by atoms with E-state index in [-0.39, 0.29) is 11.3 Å². The molecule has 1 unspecified atom stereocenters. The molecule has 0 spiro atoms. The molecule has 1 atom stereocenters. The number of ether oxygens (including phenoxy) is 2. The number of nitrogen functional groups attached to an aromatic ring is 1. The number of hydrogen-bond acceptors (Lipinski definition) is 4. The summed E-state index contributed by atoms with van der Waals surface area (Å²) in [5.41, 5.74) is 6.82. The van der Waals surface area contributed by atoms with E-state index in [1.54, 1.807) is 12.1 Å². The molecule has 0 saturated carbocycles. The Hall–Kier alpha value is -1.91. The lowest BCUT2D eigenvalue weighted by molar-refractivity contribution is 0.0937. The van der Waals surface area contributed by atoms with Crippen LogP contribution in [0.4, 0.5) is 5.69 Å². The van der Waals surface area contributed by atoms with Crippen LogP contribution in [0.25, 0.3) is 0 Å². The Balaban J connectivity index is 2.88. The van der Waals surface area contributed by atoms with Crippen molar-refractivity contribution in [2.75, 3.05) is 26.5 Å². The molecular formula is C16H26N2O3. The minimum absolute atomic E-state index is 0.135. The molecular weight excluding hydrogens is 268 g/mol. The number of benzene rings is 1. The lowest BCUT2D eigenvalue weighted by Gasteiger charge is -2.27. The van der Waals surface area contributed by atoms with Crippen molar-refractivity contribution in [2.45, 2.75) is 27.7 Å². The molecule has 0 fully saturated rings. The zero-order chi connectivity index (χ0) is 16.2. The van der Waals surface area contributed by atoms with E-state index >= 15 is 0 Å². The van der Waals surface area contributed by atoms with Gasteiger partial charge in [0.25, 0.3) is 5.91 Å². The number of methoxy groups -OCH3 is 2. The molecule has 5 nitrogen and oxygen atoms in total. The minimum atomic E-state index is -0.204. The molecule has 0 radical (unpaired) electrons. The van der Waals surface area contributed by atoms with Gasteiger partial charge in [0.1, 0.15) is 0 Å². The van der Waals surface area contributed by atoms with Gasteiger partial charge >= 0.3 is 0 Å². The molecule has 0 aliphatic carbocycles. The first kappa shape index (κ1) is 17.1. The van der Waals surface area contributed by atoms with Crippen LogP contribution in [-0.2, 0) is 0 Å². The fraction of sp³-hybridized carbons (Fsp3) is 0.562. The Bertz CT molecular complexity index is 507. The van der Waals surface area contributed by atoms with Gasteiger partial charge in [-0.3, -0.25) is 4.79 Å². The molecule has 1 aromatic rings. The highest BCUT2D eigenvalue weighted by Crippen LogP contribution is 2.32. The number of amides is 1. The van der Waals surface area contributed by atoms with Crippen molar-refractivity contribution in [3.63, 3.8) is 0 Å². The maximum absolute atomic E-state index is 12.3. The quantitative estimate of drug-likeness (QED) is 0.819. The molecule has 21 heavy (non-hydrogen) atoms. The van der Waals surface area contributed by atoms with Gasteiger partial charge in [0, 0.05) is 18.3 Å². The lowest BCUT2D eigenvalue weighted by Crippen LogP contribution is -2.34. The van der Waals surface area contributed by atoms with Gasteiger partial charge in [0.15, 0.2) is 11.5 Å². The summed E-state index contributed by atoms with van der Waals surface area (Å²) >= 11 is 0. The van der Waals surface area contributed by atoms with Crippen molar-refractivity contribution < 1.29 is 14.3 Å². The van der Waals surface area contributed by atoms with Crippen LogP contribution in [0.5, 0.6) is 11.5 Å². The zero-order valence-corrected chi connectivity index (χ0v) is 13.7. The van der Waals surface area contributed by atoms with Crippen molar-refractivity contribution >= 4 is 11.6 Å². The SMILES string of the molecule is COc1cc(N)c(C(=O)NCC(C)C(C)(C)C)cc1OC. The number of nitrogens with two attached hydrogens (primary N) is 1. The summed E-state index contributed by atoms with van der Waals surface area (Å²) in [7, 11) is 3.06. The number of anilines is 1. The van der Waals surface area contributed by atoms with Crippen molar-refractivity contribution in [1.82, 2.24) is 5.32 Å². The number of carbonyl (C=O) groups excluding carboxylic acids is 1. The summed E-state index contributed by atoms with van der Waals surface area (Å²) in [6, 6.07) is 3.20.